The van der Waals surface area contributed by atoms with Gasteiger partial charge in [0.05, 0.1) is 6.20 Å². The topological polar surface area (TPSA) is 66.7 Å². The molecule has 2 rings (SSSR count). The van der Waals surface area contributed by atoms with Crippen LogP contribution in [0.3, 0.4) is 0 Å². The largest absolute Gasteiger partial charge is 0.405 e. The number of alkyl halides is 2. The number of hydrogen-bond donors (Lipinski definition) is 3. The fraction of sp³-hybridized carbons (Fsp3) is 0.350. The molecule has 0 unspecified atom stereocenters. The van der Waals surface area contributed by atoms with Crippen LogP contribution in [0.15, 0.2) is 49.8 Å². The summed E-state index contributed by atoms with van der Waals surface area (Å²) in [6, 6.07) is 8.50. The molecule has 0 atom stereocenters. The first-order valence-electron chi connectivity index (χ1n) is 8.58. The quantitative estimate of drug-likeness (QED) is 0.653. The smallest absolute Gasteiger partial charge is 0.287 e. The molecule has 0 fully saturated rings. The number of halogens is 2. The molecule has 4 N–H and O–H groups in total. The summed E-state index contributed by atoms with van der Waals surface area (Å²) in [7, 11) is 0. The molecular formula is C20H28F2N4. The molecule has 0 aliphatic carbocycles. The highest BCUT2D eigenvalue weighted by atomic mass is 19.3. The van der Waals surface area contributed by atoms with Gasteiger partial charge in [0.15, 0.2) is 0 Å². The number of aromatic amines is 1. The summed E-state index contributed by atoms with van der Waals surface area (Å²) in [6.07, 6.45) is 5.66. The van der Waals surface area contributed by atoms with E-state index in [1.165, 1.54) is 23.5 Å². The molecule has 6 heteroatoms. The van der Waals surface area contributed by atoms with Gasteiger partial charge in [-0.2, -0.15) is 13.9 Å². The van der Waals surface area contributed by atoms with Crippen molar-refractivity contribution in [2.75, 3.05) is 6.54 Å². The van der Waals surface area contributed by atoms with Gasteiger partial charge in [0, 0.05) is 24.7 Å². The van der Waals surface area contributed by atoms with Crippen LogP contribution in [-0.2, 0) is 18.8 Å². The number of nitrogens with two attached hydrogens (primary N) is 1. The average Bonchev–Trinajstić information content (AvgIpc) is 3.07. The lowest BCUT2D eigenvalue weighted by molar-refractivity contribution is 0.0124. The standard InChI is InChI=1S/C18H23F2N3.C2H5N/c1-4-5-14-6-8-15(9-7-14)10-11-21-13(2)16-12-22-23-17(16)18(3,19)20;1-2-3/h6-9,12,21H,2,4-5,10-11H2,1,3H3,(H,22,23);2H,1,3H2. The van der Waals surface area contributed by atoms with E-state index in [-0.39, 0.29) is 5.69 Å². The molecule has 0 saturated carbocycles. The zero-order valence-electron chi connectivity index (χ0n) is 15.5. The van der Waals surface area contributed by atoms with Crippen LogP contribution in [0.25, 0.3) is 5.70 Å². The van der Waals surface area contributed by atoms with E-state index in [0.29, 0.717) is 17.8 Å². The van der Waals surface area contributed by atoms with Gasteiger partial charge < -0.3 is 11.1 Å². The van der Waals surface area contributed by atoms with Gasteiger partial charge in [-0.25, -0.2) is 0 Å². The zero-order chi connectivity index (χ0) is 19.6. The predicted octanol–water partition coefficient (Wildman–Crippen LogP) is 4.37. The van der Waals surface area contributed by atoms with Gasteiger partial charge in [0.2, 0.25) is 0 Å². The minimum Gasteiger partial charge on any atom is -0.405 e. The van der Waals surface area contributed by atoms with Crippen molar-refractivity contribution in [3.8, 4) is 0 Å². The molecule has 142 valence electrons. The van der Waals surface area contributed by atoms with Gasteiger partial charge in [-0.05, 0) is 30.2 Å². The van der Waals surface area contributed by atoms with Crippen molar-refractivity contribution < 1.29 is 8.78 Å². The maximum Gasteiger partial charge on any atom is 0.287 e. The number of hydrogen-bond acceptors (Lipinski definition) is 3. The van der Waals surface area contributed by atoms with Gasteiger partial charge in [-0.3, -0.25) is 5.10 Å². The number of H-pyrrole nitrogens is 1. The molecule has 0 aliphatic rings. The Hall–Kier alpha value is -2.63. The molecular weight excluding hydrogens is 334 g/mol. The van der Waals surface area contributed by atoms with Crippen LogP contribution in [-0.4, -0.2) is 16.7 Å². The summed E-state index contributed by atoms with van der Waals surface area (Å²) in [6.45, 7) is 10.6. The van der Waals surface area contributed by atoms with Gasteiger partial charge in [-0.15, -0.1) is 0 Å². The molecule has 0 bridgehead atoms. The van der Waals surface area contributed by atoms with Crippen LogP contribution in [0.4, 0.5) is 8.78 Å². The second kappa shape index (κ2) is 10.4. The Balaban J connectivity index is 0.00000105. The van der Waals surface area contributed by atoms with Crippen LogP contribution >= 0.6 is 0 Å². The Bertz CT molecular complexity index is 685. The number of aryl methyl sites for hydroxylation is 1. The van der Waals surface area contributed by atoms with E-state index in [2.05, 4.69) is 65.6 Å². The van der Waals surface area contributed by atoms with Crippen molar-refractivity contribution in [1.82, 2.24) is 15.5 Å². The van der Waals surface area contributed by atoms with E-state index in [4.69, 9.17) is 0 Å². The lowest BCUT2D eigenvalue weighted by atomic mass is 10.1. The third-order valence-corrected chi connectivity index (χ3v) is 3.72. The Morgan fingerprint density at radius 1 is 1.27 bits per heavy atom. The summed E-state index contributed by atoms with van der Waals surface area (Å²) < 4.78 is 26.9. The van der Waals surface area contributed by atoms with E-state index in [9.17, 15) is 8.78 Å². The van der Waals surface area contributed by atoms with Crippen molar-refractivity contribution in [3.05, 3.63) is 72.2 Å². The molecule has 1 aromatic heterocycles. The van der Waals surface area contributed by atoms with Gasteiger partial charge >= 0.3 is 0 Å². The molecule has 0 saturated heterocycles. The van der Waals surface area contributed by atoms with E-state index >= 15 is 0 Å². The number of aromatic nitrogens is 2. The maximum absolute atomic E-state index is 13.5. The monoisotopic (exact) mass is 362 g/mol. The second-order valence-corrected chi connectivity index (χ2v) is 6.00. The third-order valence-electron chi connectivity index (χ3n) is 3.72. The number of nitrogens with one attached hydrogen (secondary N) is 2. The highest BCUT2D eigenvalue weighted by molar-refractivity contribution is 5.63. The first-order valence-corrected chi connectivity index (χ1v) is 8.58. The Labute approximate surface area is 154 Å². The summed E-state index contributed by atoms with van der Waals surface area (Å²) >= 11 is 0. The van der Waals surface area contributed by atoms with Crippen molar-refractivity contribution in [2.45, 2.75) is 39.0 Å². The fourth-order valence-corrected chi connectivity index (χ4v) is 2.46. The molecule has 26 heavy (non-hydrogen) atoms. The van der Waals surface area contributed by atoms with Gasteiger partial charge in [-0.1, -0.05) is 50.8 Å². The number of rotatable bonds is 8. The van der Waals surface area contributed by atoms with Gasteiger partial charge in [0.25, 0.3) is 5.92 Å². The predicted molar refractivity (Wildman–Crippen MR) is 104 cm³/mol. The van der Waals surface area contributed by atoms with Crippen LogP contribution in [0.2, 0.25) is 0 Å². The van der Waals surface area contributed by atoms with Crippen LogP contribution in [0.5, 0.6) is 0 Å². The molecule has 1 aromatic carbocycles. The normalized spacial score (nSPS) is 10.6. The minimum absolute atomic E-state index is 0.209. The summed E-state index contributed by atoms with van der Waals surface area (Å²) in [5.74, 6) is -2.97. The molecule has 1 heterocycles. The van der Waals surface area contributed by atoms with Crippen LogP contribution < -0.4 is 11.1 Å². The Morgan fingerprint density at radius 2 is 1.81 bits per heavy atom. The van der Waals surface area contributed by atoms with E-state index in [1.807, 2.05) is 0 Å². The molecule has 0 radical (unpaired) electrons. The van der Waals surface area contributed by atoms with E-state index in [1.54, 1.807) is 0 Å². The molecule has 0 spiro atoms. The first kappa shape index (κ1) is 21.4. The lowest BCUT2D eigenvalue weighted by Crippen LogP contribution is -2.18. The summed E-state index contributed by atoms with van der Waals surface area (Å²) in [4.78, 5) is 0. The van der Waals surface area contributed by atoms with Crippen molar-refractivity contribution in [1.29, 1.82) is 0 Å². The summed E-state index contributed by atoms with van der Waals surface area (Å²) in [5.41, 5.74) is 7.73. The van der Waals surface area contributed by atoms with Crippen molar-refractivity contribution >= 4 is 5.70 Å². The maximum atomic E-state index is 13.5. The first-order chi connectivity index (χ1) is 12.3. The molecule has 0 amide bonds. The van der Waals surface area contributed by atoms with E-state index < -0.39 is 5.92 Å². The minimum atomic E-state index is -2.97. The second-order valence-electron chi connectivity index (χ2n) is 6.00. The average molecular weight is 362 g/mol. The number of benzene rings is 1. The number of nitrogens with zero attached hydrogens (tertiary/aromatic N) is 1. The van der Waals surface area contributed by atoms with Crippen molar-refractivity contribution in [3.63, 3.8) is 0 Å². The van der Waals surface area contributed by atoms with Crippen LogP contribution in [0.1, 0.15) is 42.7 Å². The fourth-order valence-electron chi connectivity index (χ4n) is 2.46. The lowest BCUT2D eigenvalue weighted by Gasteiger charge is -2.13. The Morgan fingerprint density at radius 3 is 2.31 bits per heavy atom. The molecule has 2 aromatic rings. The Kier molecular flexibility index (Phi) is 8.55. The zero-order valence-corrected chi connectivity index (χ0v) is 15.5. The molecule has 4 nitrogen and oxygen atoms in total. The van der Waals surface area contributed by atoms with Crippen LogP contribution in [0, 0.1) is 0 Å². The van der Waals surface area contributed by atoms with Gasteiger partial charge in [0.1, 0.15) is 5.69 Å². The van der Waals surface area contributed by atoms with E-state index in [0.717, 1.165) is 26.2 Å². The summed E-state index contributed by atoms with van der Waals surface area (Å²) in [5, 5.41) is 9.15. The highest BCUT2D eigenvalue weighted by Gasteiger charge is 2.30. The van der Waals surface area contributed by atoms with Crippen molar-refractivity contribution in [2.24, 2.45) is 5.73 Å². The third kappa shape index (κ3) is 6.70. The highest BCUT2D eigenvalue weighted by Crippen LogP contribution is 2.30. The SMILES string of the molecule is C=C(NCCc1ccc(CCC)cc1)c1cn[nH]c1C(C)(F)F.C=CN. The molecule has 0 aliphatic heterocycles.